The normalized spacial score (nSPS) is 19.9. The van der Waals surface area contributed by atoms with Gasteiger partial charge < -0.3 is 9.84 Å². The average Bonchev–Trinajstić information content (AvgIpc) is 2.69. The minimum Gasteiger partial charge on any atom is -0.493 e. The zero-order valence-corrected chi connectivity index (χ0v) is 16.4. The van der Waals surface area contributed by atoms with E-state index in [0.717, 1.165) is 36.3 Å². The Balaban J connectivity index is 1.59. The van der Waals surface area contributed by atoms with E-state index in [1.54, 1.807) is 6.08 Å². The molecule has 3 nitrogen and oxygen atoms in total. The van der Waals surface area contributed by atoms with Crippen LogP contribution in [-0.2, 0) is 4.79 Å². The molecule has 0 aromatic heterocycles. The third kappa shape index (κ3) is 8.94. The first kappa shape index (κ1) is 21.3. The molecule has 1 aliphatic rings. The molecule has 1 aliphatic carbocycles. The second-order valence-electron chi connectivity index (χ2n) is 7.72. The summed E-state index contributed by atoms with van der Waals surface area (Å²) >= 11 is 0. The molecule has 0 radical (unpaired) electrons. The highest BCUT2D eigenvalue weighted by Gasteiger charge is 2.21. The summed E-state index contributed by atoms with van der Waals surface area (Å²) in [6, 6.07) is 7.61. The van der Waals surface area contributed by atoms with Gasteiger partial charge >= 0.3 is 5.97 Å². The summed E-state index contributed by atoms with van der Waals surface area (Å²) in [5, 5.41) is 8.65. The molecule has 1 aromatic carbocycles. The Kier molecular flexibility index (Phi) is 9.75. The molecule has 0 spiro atoms. The highest BCUT2D eigenvalue weighted by molar-refractivity contribution is 5.85. The van der Waals surface area contributed by atoms with Crippen LogP contribution in [0.4, 0.5) is 0 Å². The van der Waals surface area contributed by atoms with Gasteiger partial charge in [-0.15, -0.1) is 6.58 Å². The molecule has 0 unspecified atom stereocenters. The molecular formula is C24H34O3. The maximum absolute atomic E-state index is 10.5. The number of aliphatic carboxylic acids is 1. The summed E-state index contributed by atoms with van der Waals surface area (Å²) in [5.41, 5.74) is 0.870. The van der Waals surface area contributed by atoms with Crippen LogP contribution in [0.25, 0.3) is 6.08 Å². The van der Waals surface area contributed by atoms with Gasteiger partial charge in [0.15, 0.2) is 0 Å². The number of rotatable bonds is 12. The van der Waals surface area contributed by atoms with Gasteiger partial charge in [0.05, 0.1) is 6.61 Å². The lowest BCUT2D eigenvalue weighted by Crippen LogP contribution is -2.20. The smallest absolute Gasteiger partial charge is 0.328 e. The first-order valence-electron chi connectivity index (χ1n) is 10.4. The maximum Gasteiger partial charge on any atom is 0.328 e. The number of carboxylic acids is 1. The molecule has 0 amide bonds. The van der Waals surface area contributed by atoms with Crippen molar-refractivity contribution >= 4 is 12.0 Å². The van der Waals surface area contributed by atoms with E-state index in [1.807, 2.05) is 30.3 Å². The van der Waals surface area contributed by atoms with Crippen molar-refractivity contribution in [3.63, 3.8) is 0 Å². The summed E-state index contributed by atoms with van der Waals surface area (Å²) in [5.74, 6) is 1.52. The first-order valence-corrected chi connectivity index (χ1v) is 10.4. The van der Waals surface area contributed by atoms with Gasteiger partial charge in [0.2, 0.25) is 0 Å². The van der Waals surface area contributed by atoms with Gasteiger partial charge in [-0.1, -0.05) is 56.7 Å². The number of allylic oxidation sites excluding steroid dienone is 1. The van der Waals surface area contributed by atoms with Crippen molar-refractivity contribution < 1.29 is 14.6 Å². The second kappa shape index (κ2) is 12.4. The fourth-order valence-electron chi connectivity index (χ4n) is 3.82. The SMILES string of the molecule is C=CCCCCCCC1CCC(COc2ccc(C=CC(=O)O)cc2)CC1. The van der Waals surface area contributed by atoms with Crippen molar-refractivity contribution in [3.8, 4) is 5.75 Å². The van der Waals surface area contributed by atoms with Crippen molar-refractivity contribution in [2.75, 3.05) is 6.61 Å². The molecule has 1 N–H and O–H groups in total. The van der Waals surface area contributed by atoms with E-state index in [2.05, 4.69) is 6.58 Å². The minimum atomic E-state index is -0.932. The lowest BCUT2D eigenvalue weighted by Gasteiger charge is -2.28. The Morgan fingerprint density at radius 3 is 2.37 bits per heavy atom. The van der Waals surface area contributed by atoms with E-state index < -0.39 is 5.97 Å². The molecule has 0 atom stereocenters. The predicted octanol–water partition coefficient (Wildman–Crippen LogP) is 6.50. The summed E-state index contributed by atoms with van der Waals surface area (Å²) in [6.45, 7) is 4.57. The van der Waals surface area contributed by atoms with Gasteiger partial charge in [0.25, 0.3) is 0 Å². The highest BCUT2D eigenvalue weighted by Crippen LogP contribution is 2.32. The molecule has 1 aromatic rings. The Hall–Kier alpha value is -2.03. The van der Waals surface area contributed by atoms with E-state index in [-0.39, 0.29) is 0 Å². The highest BCUT2D eigenvalue weighted by atomic mass is 16.5. The van der Waals surface area contributed by atoms with E-state index in [9.17, 15) is 4.79 Å². The molecule has 27 heavy (non-hydrogen) atoms. The van der Waals surface area contributed by atoms with E-state index in [1.165, 1.54) is 57.8 Å². The molecule has 0 bridgehead atoms. The molecule has 0 heterocycles. The Bertz CT molecular complexity index is 580. The third-order valence-corrected chi connectivity index (χ3v) is 5.52. The van der Waals surface area contributed by atoms with Crippen molar-refractivity contribution in [1.82, 2.24) is 0 Å². The number of carbonyl (C=O) groups is 1. The van der Waals surface area contributed by atoms with E-state index in [4.69, 9.17) is 9.84 Å². The van der Waals surface area contributed by atoms with Crippen molar-refractivity contribution in [1.29, 1.82) is 0 Å². The quantitative estimate of drug-likeness (QED) is 0.260. The van der Waals surface area contributed by atoms with Crippen LogP contribution in [0.3, 0.4) is 0 Å². The van der Waals surface area contributed by atoms with Crippen LogP contribution in [0.15, 0.2) is 43.0 Å². The van der Waals surface area contributed by atoms with Gasteiger partial charge in [-0.3, -0.25) is 0 Å². The number of hydrogen-bond acceptors (Lipinski definition) is 2. The number of unbranched alkanes of at least 4 members (excludes halogenated alkanes) is 4. The zero-order valence-electron chi connectivity index (χ0n) is 16.4. The fourth-order valence-corrected chi connectivity index (χ4v) is 3.82. The standard InChI is InChI=1S/C24H34O3/c1-2-3-4-5-6-7-8-20-9-11-22(12-10-20)19-27-23-16-13-21(14-17-23)15-18-24(25)26/h2,13-18,20,22H,1,3-12,19H2,(H,25,26). The van der Waals surface area contributed by atoms with Gasteiger partial charge in [0, 0.05) is 6.08 Å². The molecular weight excluding hydrogens is 336 g/mol. The van der Waals surface area contributed by atoms with Crippen LogP contribution in [0, 0.1) is 11.8 Å². The van der Waals surface area contributed by atoms with Gasteiger partial charge in [-0.2, -0.15) is 0 Å². The van der Waals surface area contributed by atoms with Crippen LogP contribution >= 0.6 is 0 Å². The van der Waals surface area contributed by atoms with Crippen LogP contribution in [0.2, 0.25) is 0 Å². The zero-order chi connectivity index (χ0) is 19.3. The van der Waals surface area contributed by atoms with Crippen molar-refractivity contribution in [2.45, 2.75) is 64.2 Å². The summed E-state index contributed by atoms with van der Waals surface area (Å²) in [7, 11) is 0. The third-order valence-electron chi connectivity index (χ3n) is 5.52. The van der Waals surface area contributed by atoms with Crippen molar-refractivity contribution in [2.24, 2.45) is 11.8 Å². The second-order valence-corrected chi connectivity index (χ2v) is 7.72. The number of ether oxygens (including phenoxy) is 1. The Morgan fingerprint density at radius 2 is 1.70 bits per heavy atom. The number of carboxylic acid groups (broad SMARTS) is 1. The van der Waals surface area contributed by atoms with E-state index >= 15 is 0 Å². The number of benzene rings is 1. The van der Waals surface area contributed by atoms with Crippen LogP contribution in [0.5, 0.6) is 5.75 Å². The Labute approximate surface area is 164 Å². The minimum absolute atomic E-state index is 0.667. The molecule has 1 fully saturated rings. The van der Waals surface area contributed by atoms with Gasteiger partial charge in [-0.05, 0) is 61.3 Å². The summed E-state index contributed by atoms with van der Waals surface area (Å²) < 4.78 is 5.95. The van der Waals surface area contributed by atoms with Crippen molar-refractivity contribution in [3.05, 3.63) is 48.6 Å². The maximum atomic E-state index is 10.5. The largest absolute Gasteiger partial charge is 0.493 e. The van der Waals surface area contributed by atoms with Crippen LogP contribution in [0.1, 0.15) is 69.8 Å². The summed E-state index contributed by atoms with van der Waals surface area (Å²) in [6.07, 6.45) is 18.0. The molecule has 3 heteroatoms. The molecule has 0 aliphatic heterocycles. The van der Waals surface area contributed by atoms with Crippen LogP contribution < -0.4 is 4.74 Å². The van der Waals surface area contributed by atoms with Gasteiger partial charge in [-0.25, -0.2) is 4.79 Å². The Morgan fingerprint density at radius 1 is 1.04 bits per heavy atom. The van der Waals surface area contributed by atoms with E-state index in [0.29, 0.717) is 5.92 Å². The number of hydrogen-bond donors (Lipinski definition) is 1. The fraction of sp³-hybridized carbons (Fsp3) is 0.542. The van der Waals surface area contributed by atoms with Gasteiger partial charge in [0.1, 0.15) is 5.75 Å². The average molecular weight is 371 g/mol. The lowest BCUT2D eigenvalue weighted by molar-refractivity contribution is -0.131. The van der Waals surface area contributed by atoms with Crippen LogP contribution in [-0.4, -0.2) is 17.7 Å². The molecule has 148 valence electrons. The summed E-state index contributed by atoms with van der Waals surface area (Å²) in [4.78, 5) is 10.5. The molecule has 1 saturated carbocycles. The lowest BCUT2D eigenvalue weighted by atomic mass is 9.80. The topological polar surface area (TPSA) is 46.5 Å². The molecule has 2 rings (SSSR count). The predicted molar refractivity (Wildman–Crippen MR) is 112 cm³/mol. The first-order chi connectivity index (χ1) is 13.2. The molecule has 0 saturated heterocycles. The monoisotopic (exact) mass is 370 g/mol.